The van der Waals surface area contributed by atoms with Gasteiger partial charge in [0.05, 0.1) is 17.5 Å². The summed E-state index contributed by atoms with van der Waals surface area (Å²) >= 11 is 5.95. The Balaban J connectivity index is 2.22. The number of halogens is 1. The minimum Gasteiger partial charge on any atom is -0.495 e. The maximum atomic E-state index is 12.5. The van der Waals surface area contributed by atoms with Crippen molar-refractivity contribution in [3.63, 3.8) is 0 Å². The molecule has 114 valence electrons. The van der Waals surface area contributed by atoms with Gasteiger partial charge in [-0.2, -0.15) is 0 Å². The van der Waals surface area contributed by atoms with E-state index in [9.17, 15) is 14.7 Å². The fourth-order valence-electron chi connectivity index (χ4n) is 2.56. The molecule has 1 atom stereocenters. The number of piperidine rings is 1. The standard InChI is InChI=1S/C15H18ClNO4/c1-15(14(19)20)6-3-7-17(9-15)13(18)10-4-5-11(16)12(8-10)21-2/h4-5,8H,3,6-7,9H2,1-2H3,(H,19,20). The van der Waals surface area contributed by atoms with Crippen molar-refractivity contribution in [1.29, 1.82) is 0 Å². The Morgan fingerprint density at radius 2 is 2.14 bits per heavy atom. The zero-order chi connectivity index (χ0) is 15.6. The largest absolute Gasteiger partial charge is 0.495 e. The number of aliphatic carboxylic acids is 1. The molecule has 0 spiro atoms. The minimum atomic E-state index is -0.885. The molecule has 1 fully saturated rings. The van der Waals surface area contributed by atoms with Gasteiger partial charge in [-0.3, -0.25) is 9.59 Å². The Kier molecular flexibility index (Phi) is 4.42. The molecular formula is C15H18ClNO4. The average Bonchev–Trinajstić information content (AvgIpc) is 2.47. The summed E-state index contributed by atoms with van der Waals surface area (Å²) in [7, 11) is 1.48. The summed E-state index contributed by atoms with van der Waals surface area (Å²) in [4.78, 5) is 25.5. The van der Waals surface area contributed by atoms with Crippen LogP contribution in [0.2, 0.25) is 5.02 Å². The highest BCUT2D eigenvalue weighted by molar-refractivity contribution is 6.32. The van der Waals surface area contributed by atoms with Gasteiger partial charge in [-0.25, -0.2) is 0 Å². The van der Waals surface area contributed by atoms with Crippen LogP contribution in [0, 0.1) is 5.41 Å². The summed E-state index contributed by atoms with van der Waals surface area (Å²) in [6, 6.07) is 4.81. The number of carboxylic acid groups (broad SMARTS) is 1. The Hall–Kier alpha value is -1.75. The van der Waals surface area contributed by atoms with E-state index < -0.39 is 11.4 Å². The molecule has 1 heterocycles. The number of methoxy groups -OCH3 is 1. The fraction of sp³-hybridized carbons (Fsp3) is 0.467. The molecule has 6 heteroatoms. The van der Waals surface area contributed by atoms with E-state index in [2.05, 4.69) is 0 Å². The summed E-state index contributed by atoms with van der Waals surface area (Å²) < 4.78 is 5.11. The van der Waals surface area contributed by atoms with Crippen LogP contribution in [0.15, 0.2) is 18.2 Å². The second-order valence-electron chi connectivity index (χ2n) is 5.55. The second kappa shape index (κ2) is 5.93. The lowest BCUT2D eigenvalue weighted by atomic mass is 9.82. The van der Waals surface area contributed by atoms with E-state index in [0.29, 0.717) is 35.7 Å². The fourth-order valence-corrected chi connectivity index (χ4v) is 2.76. The summed E-state index contributed by atoms with van der Waals surface area (Å²) in [6.45, 7) is 2.45. The van der Waals surface area contributed by atoms with Crippen LogP contribution >= 0.6 is 11.6 Å². The number of rotatable bonds is 3. The highest BCUT2D eigenvalue weighted by atomic mass is 35.5. The van der Waals surface area contributed by atoms with E-state index in [-0.39, 0.29) is 12.5 Å². The summed E-state index contributed by atoms with van der Waals surface area (Å²) in [5, 5.41) is 9.74. The first-order valence-electron chi connectivity index (χ1n) is 6.73. The number of carbonyl (C=O) groups excluding carboxylic acids is 1. The molecule has 1 aliphatic heterocycles. The van der Waals surface area contributed by atoms with Crippen molar-refractivity contribution in [3.05, 3.63) is 28.8 Å². The SMILES string of the molecule is COc1cc(C(=O)N2CCCC(C)(C(=O)O)C2)ccc1Cl. The van der Waals surface area contributed by atoms with Crippen molar-refractivity contribution in [2.45, 2.75) is 19.8 Å². The first-order valence-corrected chi connectivity index (χ1v) is 7.11. The highest BCUT2D eigenvalue weighted by Gasteiger charge is 2.39. The number of nitrogens with zero attached hydrogens (tertiary/aromatic N) is 1. The number of amides is 1. The van der Waals surface area contributed by atoms with E-state index >= 15 is 0 Å². The lowest BCUT2D eigenvalue weighted by Crippen LogP contribution is -2.48. The van der Waals surface area contributed by atoms with Gasteiger partial charge < -0.3 is 14.7 Å². The zero-order valence-corrected chi connectivity index (χ0v) is 12.8. The second-order valence-corrected chi connectivity index (χ2v) is 5.95. The molecule has 0 aromatic heterocycles. The number of hydrogen-bond acceptors (Lipinski definition) is 3. The molecule has 1 aromatic rings. The molecule has 0 bridgehead atoms. The van der Waals surface area contributed by atoms with Crippen molar-refractivity contribution < 1.29 is 19.4 Å². The lowest BCUT2D eigenvalue weighted by Gasteiger charge is -2.37. The van der Waals surface area contributed by atoms with Crippen LogP contribution in [0.5, 0.6) is 5.75 Å². The Labute approximate surface area is 128 Å². The molecule has 1 aromatic carbocycles. The molecule has 1 N–H and O–H groups in total. The van der Waals surface area contributed by atoms with Gasteiger partial charge in [-0.15, -0.1) is 0 Å². The van der Waals surface area contributed by atoms with Crippen molar-refractivity contribution in [3.8, 4) is 5.75 Å². The summed E-state index contributed by atoms with van der Waals surface area (Å²) in [5.41, 5.74) is -0.435. The normalized spacial score (nSPS) is 22.0. The van der Waals surface area contributed by atoms with Crippen molar-refractivity contribution in [1.82, 2.24) is 4.90 Å². The molecule has 0 saturated carbocycles. The monoisotopic (exact) mass is 311 g/mol. The topological polar surface area (TPSA) is 66.8 Å². The predicted octanol–water partition coefficient (Wildman–Crippen LogP) is 2.68. The van der Waals surface area contributed by atoms with Crippen LogP contribution < -0.4 is 4.74 Å². The van der Waals surface area contributed by atoms with Gasteiger partial charge >= 0.3 is 5.97 Å². The zero-order valence-electron chi connectivity index (χ0n) is 12.1. The van der Waals surface area contributed by atoms with E-state index in [1.165, 1.54) is 7.11 Å². The third-order valence-corrected chi connectivity index (χ3v) is 4.21. The Bertz CT molecular complexity index is 575. The van der Waals surface area contributed by atoms with Crippen LogP contribution in [0.4, 0.5) is 0 Å². The van der Waals surface area contributed by atoms with Gasteiger partial charge in [0.25, 0.3) is 5.91 Å². The predicted molar refractivity (Wildman–Crippen MR) is 78.9 cm³/mol. The molecule has 0 aliphatic carbocycles. The van der Waals surface area contributed by atoms with E-state index in [0.717, 1.165) is 0 Å². The quantitative estimate of drug-likeness (QED) is 0.932. The molecule has 21 heavy (non-hydrogen) atoms. The molecule has 1 aliphatic rings. The number of benzene rings is 1. The first kappa shape index (κ1) is 15.6. The summed E-state index contributed by atoms with van der Waals surface area (Å²) in [5.74, 6) is -0.633. The lowest BCUT2D eigenvalue weighted by molar-refractivity contribution is -0.150. The van der Waals surface area contributed by atoms with Crippen molar-refractivity contribution in [2.75, 3.05) is 20.2 Å². The maximum absolute atomic E-state index is 12.5. The van der Waals surface area contributed by atoms with E-state index in [4.69, 9.17) is 16.3 Å². The van der Waals surface area contributed by atoms with E-state index in [1.807, 2.05) is 0 Å². The van der Waals surface area contributed by atoms with Gasteiger partial charge in [0.15, 0.2) is 0 Å². The Morgan fingerprint density at radius 1 is 1.43 bits per heavy atom. The van der Waals surface area contributed by atoms with Gasteiger partial charge in [0, 0.05) is 18.7 Å². The number of carbonyl (C=O) groups is 2. The smallest absolute Gasteiger partial charge is 0.311 e. The molecule has 1 saturated heterocycles. The number of likely N-dealkylation sites (tertiary alicyclic amines) is 1. The van der Waals surface area contributed by atoms with Crippen LogP contribution in [0.1, 0.15) is 30.1 Å². The molecule has 2 rings (SSSR count). The van der Waals surface area contributed by atoms with Crippen LogP contribution in [0.25, 0.3) is 0 Å². The van der Waals surface area contributed by atoms with Gasteiger partial charge in [-0.05, 0) is 38.0 Å². The number of hydrogen-bond donors (Lipinski definition) is 1. The van der Waals surface area contributed by atoms with Crippen molar-refractivity contribution in [2.24, 2.45) is 5.41 Å². The van der Waals surface area contributed by atoms with Crippen LogP contribution in [-0.4, -0.2) is 42.1 Å². The number of ether oxygens (including phenoxy) is 1. The maximum Gasteiger partial charge on any atom is 0.311 e. The Morgan fingerprint density at radius 3 is 2.76 bits per heavy atom. The minimum absolute atomic E-state index is 0.197. The van der Waals surface area contributed by atoms with Gasteiger partial charge in [-0.1, -0.05) is 11.6 Å². The van der Waals surface area contributed by atoms with Gasteiger partial charge in [0.1, 0.15) is 5.75 Å². The molecular weight excluding hydrogens is 294 g/mol. The third kappa shape index (κ3) is 3.13. The van der Waals surface area contributed by atoms with Crippen LogP contribution in [-0.2, 0) is 4.79 Å². The molecule has 1 unspecified atom stereocenters. The number of carboxylic acids is 1. The third-order valence-electron chi connectivity index (χ3n) is 3.90. The summed E-state index contributed by atoms with van der Waals surface area (Å²) in [6.07, 6.45) is 1.26. The first-order chi connectivity index (χ1) is 9.87. The van der Waals surface area contributed by atoms with Gasteiger partial charge in [0.2, 0.25) is 0 Å². The average molecular weight is 312 g/mol. The molecule has 1 amide bonds. The molecule has 0 radical (unpaired) electrons. The van der Waals surface area contributed by atoms with E-state index in [1.54, 1.807) is 30.0 Å². The van der Waals surface area contributed by atoms with Crippen molar-refractivity contribution >= 4 is 23.5 Å². The highest BCUT2D eigenvalue weighted by Crippen LogP contribution is 2.31. The van der Waals surface area contributed by atoms with Crippen LogP contribution in [0.3, 0.4) is 0 Å². The molecule has 5 nitrogen and oxygen atoms in total.